The molecule has 1 aliphatic carbocycles. The lowest BCUT2D eigenvalue weighted by Crippen LogP contribution is -2.68. The zero-order valence-corrected chi connectivity index (χ0v) is 22.8. The van der Waals surface area contributed by atoms with E-state index in [1.165, 1.54) is 0 Å². The molecule has 0 bridgehead atoms. The second-order valence-corrected chi connectivity index (χ2v) is 11.2. The largest absolute Gasteiger partial charge is 0.394 e. The Kier molecular flexibility index (Phi) is 11.5. The molecule has 0 aromatic carbocycles. The van der Waals surface area contributed by atoms with Crippen LogP contribution < -0.4 is 34.4 Å². The molecular formula is C23H46N6O13. The van der Waals surface area contributed by atoms with Gasteiger partial charge in [-0.2, -0.15) is 0 Å². The molecule has 246 valence electrons. The van der Waals surface area contributed by atoms with Gasteiger partial charge in [0.25, 0.3) is 0 Å². The first-order valence-electron chi connectivity index (χ1n) is 13.9. The average molecular weight is 615 g/mol. The Morgan fingerprint density at radius 1 is 0.524 bits per heavy atom. The third kappa shape index (κ3) is 6.60. The van der Waals surface area contributed by atoms with Gasteiger partial charge >= 0.3 is 0 Å². The van der Waals surface area contributed by atoms with Gasteiger partial charge in [-0.3, -0.25) is 0 Å². The second-order valence-electron chi connectivity index (χ2n) is 11.2. The van der Waals surface area contributed by atoms with Crippen LogP contribution in [0.15, 0.2) is 0 Å². The van der Waals surface area contributed by atoms with Crippen LogP contribution in [0.1, 0.15) is 6.42 Å². The summed E-state index contributed by atoms with van der Waals surface area (Å²) in [4.78, 5) is 0. The molecule has 19 N–H and O–H groups in total. The van der Waals surface area contributed by atoms with Gasteiger partial charge < -0.3 is 98.6 Å². The molecule has 4 aliphatic rings. The summed E-state index contributed by atoms with van der Waals surface area (Å²) in [7, 11) is 0. The molecule has 0 radical (unpaired) electrons. The molecule has 0 aromatic heterocycles. The van der Waals surface area contributed by atoms with E-state index in [2.05, 4.69) is 0 Å². The molecule has 1 saturated carbocycles. The fourth-order valence-electron chi connectivity index (χ4n) is 5.74. The van der Waals surface area contributed by atoms with Crippen molar-refractivity contribution in [3.63, 3.8) is 0 Å². The van der Waals surface area contributed by atoms with E-state index in [9.17, 15) is 35.7 Å². The Hall–Kier alpha value is -0.760. The van der Waals surface area contributed by atoms with Crippen molar-refractivity contribution in [3.05, 3.63) is 0 Å². The molecule has 0 aromatic rings. The SMILES string of the molecule is NC[C@H]1O[C@@H](O[C@@H]2[C@@H](CO)OC(O[C@@H]3[C@@H](O)[C@H](N)C[C@H](N)[C@H]3O[C@H]3O[C@H](CN)[C@@H](O)[C@H](O)[C@H]3N)[C@@H]2O)[C@@H](N)[C@H](O)[C@H]1O. The van der Waals surface area contributed by atoms with E-state index in [1.807, 2.05) is 0 Å². The lowest BCUT2D eigenvalue weighted by Gasteiger charge is -2.47. The van der Waals surface area contributed by atoms with Crippen LogP contribution in [0.2, 0.25) is 0 Å². The Morgan fingerprint density at radius 3 is 1.45 bits per heavy atom. The highest BCUT2D eigenvalue weighted by Gasteiger charge is 2.54. The second kappa shape index (κ2) is 14.1. The van der Waals surface area contributed by atoms with Crippen LogP contribution in [-0.4, -0.2) is 172 Å². The van der Waals surface area contributed by atoms with Gasteiger partial charge in [0.2, 0.25) is 0 Å². The minimum absolute atomic E-state index is 0.0889. The maximum absolute atomic E-state index is 11.1. The van der Waals surface area contributed by atoms with Crippen LogP contribution >= 0.6 is 0 Å². The van der Waals surface area contributed by atoms with Crippen molar-refractivity contribution in [2.75, 3.05) is 19.7 Å². The predicted octanol–water partition coefficient (Wildman–Crippen LogP) is -8.90. The van der Waals surface area contributed by atoms with E-state index < -0.39 is 123 Å². The summed E-state index contributed by atoms with van der Waals surface area (Å²) in [6.07, 6.45) is -19.8. The van der Waals surface area contributed by atoms with Crippen molar-refractivity contribution in [1.29, 1.82) is 0 Å². The molecule has 42 heavy (non-hydrogen) atoms. The van der Waals surface area contributed by atoms with Crippen LogP contribution in [0.4, 0.5) is 0 Å². The van der Waals surface area contributed by atoms with E-state index in [0.717, 1.165) is 0 Å². The molecular weight excluding hydrogens is 568 g/mol. The van der Waals surface area contributed by atoms with Crippen LogP contribution in [0.5, 0.6) is 0 Å². The van der Waals surface area contributed by atoms with E-state index in [4.69, 9.17) is 62.8 Å². The Morgan fingerprint density at radius 2 is 0.976 bits per heavy atom. The lowest BCUT2D eigenvalue weighted by molar-refractivity contribution is -0.306. The normalized spacial score (nSPS) is 53.8. The fourth-order valence-corrected chi connectivity index (χ4v) is 5.74. The highest BCUT2D eigenvalue weighted by Crippen LogP contribution is 2.34. The maximum atomic E-state index is 11.1. The van der Waals surface area contributed by atoms with Gasteiger partial charge in [-0.25, -0.2) is 0 Å². The predicted molar refractivity (Wildman–Crippen MR) is 138 cm³/mol. The summed E-state index contributed by atoms with van der Waals surface area (Å²) in [5.74, 6) is 0. The molecule has 4 fully saturated rings. The van der Waals surface area contributed by atoms with Crippen molar-refractivity contribution in [2.45, 2.75) is 123 Å². The summed E-state index contributed by atoms with van der Waals surface area (Å²) in [6, 6.07) is -4.18. The van der Waals surface area contributed by atoms with Crippen LogP contribution in [-0.2, 0) is 28.4 Å². The van der Waals surface area contributed by atoms with Crippen LogP contribution in [0, 0.1) is 0 Å². The minimum Gasteiger partial charge on any atom is -0.394 e. The first-order chi connectivity index (χ1) is 19.8. The van der Waals surface area contributed by atoms with Gasteiger partial charge in [0.05, 0.1) is 24.8 Å². The summed E-state index contributed by atoms with van der Waals surface area (Å²) in [5, 5.41) is 73.0. The molecule has 3 aliphatic heterocycles. The maximum Gasteiger partial charge on any atom is 0.187 e. The van der Waals surface area contributed by atoms with E-state index in [0.29, 0.717) is 0 Å². The molecule has 0 amide bonds. The van der Waals surface area contributed by atoms with Gasteiger partial charge in [-0.1, -0.05) is 0 Å². The van der Waals surface area contributed by atoms with E-state index in [-0.39, 0.29) is 19.5 Å². The number of ether oxygens (including phenoxy) is 6. The van der Waals surface area contributed by atoms with Gasteiger partial charge in [0.1, 0.15) is 67.1 Å². The van der Waals surface area contributed by atoms with Gasteiger partial charge in [0.15, 0.2) is 18.9 Å². The third-order valence-electron chi connectivity index (χ3n) is 8.37. The number of hydrogen-bond donors (Lipinski definition) is 13. The zero-order valence-electron chi connectivity index (χ0n) is 22.8. The van der Waals surface area contributed by atoms with Crippen molar-refractivity contribution >= 4 is 0 Å². The first kappa shape index (κ1) is 34.1. The zero-order chi connectivity index (χ0) is 31.0. The minimum atomic E-state index is -1.60. The Labute approximate surface area is 241 Å². The number of aliphatic hydroxyl groups excluding tert-OH is 7. The molecule has 3 saturated heterocycles. The third-order valence-corrected chi connectivity index (χ3v) is 8.37. The summed E-state index contributed by atoms with van der Waals surface area (Å²) in [5.41, 5.74) is 35.6. The lowest BCUT2D eigenvalue weighted by atomic mass is 9.84. The van der Waals surface area contributed by atoms with E-state index in [1.54, 1.807) is 0 Å². The van der Waals surface area contributed by atoms with Gasteiger partial charge in [-0.15, -0.1) is 0 Å². The molecule has 3 heterocycles. The molecule has 19 heteroatoms. The summed E-state index contributed by atoms with van der Waals surface area (Å²) >= 11 is 0. The number of nitrogens with two attached hydrogens (primary N) is 6. The van der Waals surface area contributed by atoms with Crippen molar-refractivity contribution < 1.29 is 64.2 Å². The standard InChI is InChI=1S/C23H46N6O13/c24-2-7-13(32)15(34)10(28)21(37-7)40-18-6(27)1-5(26)12(31)20(18)42-23-17(36)19(9(4-30)39-23)41-22-11(29)16(35)14(33)8(3-25)38-22/h5-23,30-36H,1-4,24-29H2/t5-,6+,7-,8-,9-,10-,11+,12+,13-,14+,15-,16+,17-,18-,19-,20-,21-,22+,23?/m1/s1. The summed E-state index contributed by atoms with van der Waals surface area (Å²) < 4.78 is 34.6. The van der Waals surface area contributed by atoms with Crippen molar-refractivity contribution in [3.8, 4) is 0 Å². The summed E-state index contributed by atoms with van der Waals surface area (Å²) in [6.45, 7) is -0.967. The van der Waals surface area contributed by atoms with Crippen molar-refractivity contribution in [2.24, 2.45) is 34.4 Å². The molecule has 19 nitrogen and oxygen atoms in total. The Bertz CT molecular complexity index is 868. The smallest absolute Gasteiger partial charge is 0.187 e. The highest BCUT2D eigenvalue weighted by molar-refractivity contribution is 5.02. The topological polar surface area (TPSA) is 353 Å². The molecule has 0 spiro atoms. The Balaban J connectivity index is 1.50. The molecule has 1 unspecified atom stereocenters. The molecule has 19 atom stereocenters. The van der Waals surface area contributed by atoms with E-state index >= 15 is 0 Å². The number of rotatable bonds is 9. The van der Waals surface area contributed by atoms with Crippen molar-refractivity contribution in [1.82, 2.24) is 0 Å². The van der Waals surface area contributed by atoms with Gasteiger partial charge in [0, 0.05) is 25.2 Å². The number of hydrogen-bond acceptors (Lipinski definition) is 19. The highest BCUT2D eigenvalue weighted by atomic mass is 16.8. The average Bonchev–Trinajstić information content (AvgIpc) is 3.27. The van der Waals surface area contributed by atoms with Crippen LogP contribution in [0.3, 0.4) is 0 Å². The fraction of sp³-hybridized carbons (Fsp3) is 1.00. The van der Waals surface area contributed by atoms with Gasteiger partial charge in [-0.05, 0) is 6.42 Å². The quantitative estimate of drug-likeness (QED) is 0.115. The molecule has 4 rings (SSSR count). The first-order valence-corrected chi connectivity index (χ1v) is 13.9. The monoisotopic (exact) mass is 614 g/mol. The number of aliphatic hydroxyl groups is 7. The van der Waals surface area contributed by atoms with Crippen LogP contribution in [0.25, 0.3) is 0 Å².